The van der Waals surface area contributed by atoms with Crippen LogP contribution in [0.3, 0.4) is 0 Å². The highest BCUT2D eigenvalue weighted by Crippen LogP contribution is 2.21. The van der Waals surface area contributed by atoms with E-state index in [0.717, 1.165) is 11.3 Å². The van der Waals surface area contributed by atoms with Crippen LogP contribution < -0.4 is 15.8 Å². The molecule has 1 amide bonds. The lowest BCUT2D eigenvalue weighted by molar-refractivity contribution is -0.119. The van der Waals surface area contributed by atoms with Crippen molar-refractivity contribution in [2.75, 3.05) is 11.9 Å². The normalized spacial score (nSPS) is 11.8. The number of carbonyl (C=O) groups excluding carboxylic acids is 1. The van der Waals surface area contributed by atoms with Crippen LogP contribution in [0.2, 0.25) is 0 Å². The third-order valence-electron chi connectivity index (χ3n) is 2.66. The van der Waals surface area contributed by atoms with Crippen LogP contribution in [0.15, 0.2) is 47.3 Å². The standard InChI is InChI=1S/C14H16N2O3/c1-10(11-6-7-18-8-11)16-12-2-4-13(5-3-12)19-9-14(15)17/h2-8,10,16H,9H2,1H3,(H2,15,17). The summed E-state index contributed by atoms with van der Waals surface area (Å²) < 4.78 is 10.2. The fourth-order valence-corrected chi connectivity index (χ4v) is 1.66. The fourth-order valence-electron chi connectivity index (χ4n) is 1.66. The minimum absolute atomic E-state index is 0.113. The molecule has 1 aromatic heterocycles. The number of furan rings is 1. The maximum atomic E-state index is 10.6. The largest absolute Gasteiger partial charge is 0.484 e. The van der Waals surface area contributed by atoms with E-state index < -0.39 is 5.91 Å². The van der Waals surface area contributed by atoms with Crippen molar-refractivity contribution in [2.45, 2.75) is 13.0 Å². The van der Waals surface area contributed by atoms with Crippen molar-refractivity contribution in [3.63, 3.8) is 0 Å². The molecule has 2 rings (SSSR count). The van der Waals surface area contributed by atoms with Crippen molar-refractivity contribution in [1.82, 2.24) is 0 Å². The quantitative estimate of drug-likeness (QED) is 0.835. The molecule has 0 aliphatic carbocycles. The van der Waals surface area contributed by atoms with Gasteiger partial charge in [-0.1, -0.05) is 0 Å². The van der Waals surface area contributed by atoms with E-state index >= 15 is 0 Å². The Labute approximate surface area is 111 Å². The van der Waals surface area contributed by atoms with E-state index in [1.807, 2.05) is 25.1 Å². The Morgan fingerprint density at radius 2 is 2.11 bits per heavy atom. The number of carbonyl (C=O) groups is 1. The van der Waals surface area contributed by atoms with E-state index in [2.05, 4.69) is 5.32 Å². The van der Waals surface area contributed by atoms with Gasteiger partial charge in [0.1, 0.15) is 5.75 Å². The maximum Gasteiger partial charge on any atom is 0.255 e. The Morgan fingerprint density at radius 3 is 2.68 bits per heavy atom. The molecule has 3 N–H and O–H groups in total. The molecular formula is C14H16N2O3. The SMILES string of the molecule is CC(Nc1ccc(OCC(N)=O)cc1)c1ccoc1. The Bertz CT molecular complexity index is 520. The highest BCUT2D eigenvalue weighted by atomic mass is 16.5. The highest BCUT2D eigenvalue weighted by Gasteiger charge is 2.06. The zero-order valence-corrected chi connectivity index (χ0v) is 10.6. The zero-order valence-electron chi connectivity index (χ0n) is 10.6. The van der Waals surface area contributed by atoms with Gasteiger partial charge >= 0.3 is 0 Å². The third-order valence-corrected chi connectivity index (χ3v) is 2.66. The summed E-state index contributed by atoms with van der Waals surface area (Å²) in [7, 11) is 0. The van der Waals surface area contributed by atoms with Gasteiger partial charge in [-0.15, -0.1) is 0 Å². The molecule has 1 unspecified atom stereocenters. The molecule has 1 aromatic carbocycles. The Hall–Kier alpha value is -2.43. The molecule has 5 heteroatoms. The van der Waals surface area contributed by atoms with Crippen molar-refractivity contribution in [3.05, 3.63) is 48.4 Å². The summed E-state index contributed by atoms with van der Waals surface area (Å²) in [5, 5.41) is 3.33. The zero-order chi connectivity index (χ0) is 13.7. The number of benzene rings is 1. The molecule has 100 valence electrons. The summed E-state index contributed by atoms with van der Waals surface area (Å²) in [6.45, 7) is 1.93. The predicted molar refractivity (Wildman–Crippen MR) is 71.9 cm³/mol. The first kappa shape index (κ1) is 13.0. The van der Waals surface area contributed by atoms with Crippen molar-refractivity contribution >= 4 is 11.6 Å². The molecule has 1 heterocycles. The van der Waals surface area contributed by atoms with E-state index in [1.54, 1.807) is 24.7 Å². The first-order chi connectivity index (χ1) is 9.15. The number of hydrogen-bond acceptors (Lipinski definition) is 4. The van der Waals surface area contributed by atoms with E-state index in [9.17, 15) is 4.79 Å². The van der Waals surface area contributed by atoms with Gasteiger partial charge in [-0.05, 0) is 37.3 Å². The molecule has 0 aliphatic heterocycles. The Balaban J connectivity index is 1.93. The van der Waals surface area contributed by atoms with Gasteiger partial charge < -0.3 is 20.2 Å². The molecule has 1 atom stereocenters. The van der Waals surface area contributed by atoms with Crippen LogP contribution in [-0.2, 0) is 4.79 Å². The van der Waals surface area contributed by atoms with Crippen LogP contribution in [0.4, 0.5) is 5.69 Å². The highest BCUT2D eigenvalue weighted by molar-refractivity contribution is 5.75. The van der Waals surface area contributed by atoms with Gasteiger partial charge in [-0.3, -0.25) is 4.79 Å². The lowest BCUT2D eigenvalue weighted by Gasteiger charge is -2.14. The topological polar surface area (TPSA) is 77.5 Å². The number of nitrogens with one attached hydrogen (secondary N) is 1. The second kappa shape index (κ2) is 5.95. The molecule has 0 bridgehead atoms. The fraction of sp³-hybridized carbons (Fsp3) is 0.214. The van der Waals surface area contributed by atoms with Crippen LogP contribution in [0.25, 0.3) is 0 Å². The number of primary amides is 1. The van der Waals surface area contributed by atoms with Crippen LogP contribution in [0.5, 0.6) is 5.75 Å². The summed E-state index contributed by atoms with van der Waals surface area (Å²) in [6.07, 6.45) is 3.36. The molecule has 0 saturated heterocycles. The number of amides is 1. The summed E-state index contributed by atoms with van der Waals surface area (Å²) >= 11 is 0. The number of ether oxygens (including phenoxy) is 1. The average molecular weight is 260 g/mol. The Kier molecular flexibility index (Phi) is 4.07. The van der Waals surface area contributed by atoms with Crippen LogP contribution >= 0.6 is 0 Å². The molecule has 0 spiro atoms. The van der Waals surface area contributed by atoms with E-state index in [-0.39, 0.29) is 12.6 Å². The predicted octanol–water partition coefficient (Wildman–Crippen LogP) is 2.32. The van der Waals surface area contributed by atoms with Gasteiger partial charge in [0.15, 0.2) is 6.61 Å². The third kappa shape index (κ3) is 3.77. The van der Waals surface area contributed by atoms with E-state index in [0.29, 0.717) is 5.75 Å². The molecular weight excluding hydrogens is 244 g/mol. The van der Waals surface area contributed by atoms with Crippen LogP contribution in [0, 0.1) is 0 Å². The van der Waals surface area contributed by atoms with Gasteiger partial charge in [-0.25, -0.2) is 0 Å². The molecule has 2 aromatic rings. The number of anilines is 1. The molecule has 0 aliphatic rings. The number of hydrogen-bond donors (Lipinski definition) is 2. The summed E-state index contributed by atoms with van der Waals surface area (Å²) in [5.41, 5.74) is 7.04. The average Bonchev–Trinajstić information content (AvgIpc) is 2.92. The van der Waals surface area contributed by atoms with Crippen LogP contribution in [-0.4, -0.2) is 12.5 Å². The summed E-state index contributed by atoms with van der Waals surface area (Å²) in [6, 6.07) is 9.40. The van der Waals surface area contributed by atoms with E-state index in [4.69, 9.17) is 14.9 Å². The van der Waals surface area contributed by atoms with Crippen molar-refractivity contribution in [1.29, 1.82) is 0 Å². The summed E-state index contributed by atoms with van der Waals surface area (Å²) in [4.78, 5) is 10.6. The minimum atomic E-state index is -0.490. The lowest BCUT2D eigenvalue weighted by atomic mass is 10.1. The molecule has 19 heavy (non-hydrogen) atoms. The van der Waals surface area contributed by atoms with Gasteiger partial charge in [0, 0.05) is 11.3 Å². The van der Waals surface area contributed by atoms with Crippen molar-refractivity contribution in [3.8, 4) is 5.75 Å². The van der Waals surface area contributed by atoms with Gasteiger partial charge in [0.2, 0.25) is 0 Å². The summed E-state index contributed by atoms with van der Waals surface area (Å²) in [5.74, 6) is 0.121. The minimum Gasteiger partial charge on any atom is -0.484 e. The van der Waals surface area contributed by atoms with Crippen molar-refractivity contribution in [2.24, 2.45) is 5.73 Å². The smallest absolute Gasteiger partial charge is 0.255 e. The Morgan fingerprint density at radius 1 is 1.37 bits per heavy atom. The van der Waals surface area contributed by atoms with Crippen LogP contribution in [0.1, 0.15) is 18.5 Å². The number of nitrogens with two attached hydrogens (primary N) is 1. The first-order valence-electron chi connectivity index (χ1n) is 5.95. The van der Waals surface area contributed by atoms with E-state index in [1.165, 1.54) is 0 Å². The molecule has 0 saturated carbocycles. The van der Waals surface area contributed by atoms with Gasteiger partial charge in [0.05, 0.1) is 18.6 Å². The van der Waals surface area contributed by atoms with Crippen molar-refractivity contribution < 1.29 is 13.9 Å². The maximum absolute atomic E-state index is 10.6. The molecule has 0 fully saturated rings. The second-order valence-electron chi connectivity index (χ2n) is 4.20. The van der Waals surface area contributed by atoms with Gasteiger partial charge in [0.25, 0.3) is 5.91 Å². The molecule has 5 nitrogen and oxygen atoms in total. The second-order valence-corrected chi connectivity index (χ2v) is 4.20. The lowest BCUT2D eigenvalue weighted by Crippen LogP contribution is -2.19. The van der Waals surface area contributed by atoms with Gasteiger partial charge in [-0.2, -0.15) is 0 Å². The monoisotopic (exact) mass is 260 g/mol. The first-order valence-corrected chi connectivity index (χ1v) is 5.95. The number of rotatable bonds is 6. The molecule has 0 radical (unpaired) electrons.